The molecule has 2 aromatic carbocycles. The molecule has 0 radical (unpaired) electrons. The molecule has 1 amide bonds. The molecule has 0 fully saturated rings. The average Bonchev–Trinajstić information content (AvgIpc) is 2.69. The standard InChI is InChI=1S/C20H15F2N3O4/c1-11-9-17(26)18(24-25(11)16-6-4-3-5-14(16)22)19(27)23-15-10-12(20(28)29-2)7-8-13(15)21/h3-10H,1-2H3,(H,23,27). The van der Waals surface area contributed by atoms with Crippen LogP contribution in [0.4, 0.5) is 14.5 Å². The van der Waals surface area contributed by atoms with Gasteiger partial charge in [-0.1, -0.05) is 12.1 Å². The molecule has 3 aromatic rings. The van der Waals surface area contributed by atoms with Crippen LogP contribution in [-0.2, 0) is 4.74 Å². The van der Waals surface area contributed by atoms with Gasteiger partial charge < -0.3 is 10.1 Å². The summed E-state index contributed by atoms with van der Waals surface area (Å²) in [6, 6.07) is 10.1. The summed E-state index contributed by atoms with van der Waals surface area (Å²) in [5, 5.41) is 6.15. The van der Waals surface area contributed by atoms with E-state index in [0.717, 1.165) is 30.0 Å². The summed E-state index contributed by atoms with van der Waals surface area (Å²) in [5.41, 5.74) is -1.28. The van der Waals surface area contributed by atoms with Crippen LogP contribution in [0, 0.1) is 18.6 Å². The second kappa shape index (κ2) is 8.01. The minimum absolute atomic E-state index is 0.00447. The molecule has 7 nitrogen and oxygen atoms in total. The summed E-state index contributed by atoms with van der Waals surface area (Å²) < 4.78 is 33.8. The summed E-state index contributed by atoms with van der Waals surface area (Å²) in [5.74, 6) is -3.17. The van der Waals surface area contributed by atoms with Gasteiger partial charge in [-0.2, -0.15) is 5.10 Å². The van der Waals surface area contributed by atoms with Crippen molar-refractivity contribution in [3.63, 3.8) is 0 Å². The lowest BCUT2D eigenvalue weighted by atomic mass is 10.2. The number of anilines is 1. The molecule has 0 aliphatic heterocycles. The molecule has 0 saturated carbocycles. The van der Waals surface area contributed by atoms with Crippen molar-refractivity contribution in [3.05, 3.63) is 87.3 Å². The van der Waals surface area contributed by atoms with Crippen molar-refractivity contribution < 1.29 is 23.1 Å². The van der Waals surface area contributed by atoms with E-state index in [1.54, 1.807) is 6.07 Å². The number of carbonyl (C=O) groups is 2. The maximum Gasteiger partial charge on any atom is 0.337 e. The van der Waals surface area contributed by atoms with Gasteiger partial charge in [-0.3, -0.25) is 9.59 Å². The maximum absolute atomic E-state index is 14.1. The highest BCUT2D eigenvalue weighted by Crippen LogP contribution is 2.18. The fourth-order valence-electron chi connectivity index (χ4n) is 2.62. The lowest BCUT2D eigenvalue weighted by Crippen LogP contribution is -2.27. The number of benzene rings is 2. The van der Waals surface area contributed by atoms with Gasteiger partial charge in [0.15, 0.2) is 5.69 Å². The SMILES string of the molecule is COC(=O)c1ccc(F)c(NC(=O)c2nn(-c3ccccc3F)c(C)cc2=O)c1. The third-order valence-corrected chi connectivity index (χ3v) is 4.04. The molecule has 0 atom stereocenters. The first-order valence-corrected chi connectivity index (χ1v) is 8.37. The van der Waals surface area contributed by atoms with E-state index >= 15 is 0 Å². The van der Waals surface area contributed by atoms with Gasteiger partial charge in [-0.15, -0.1) is 0 Å². The summed E-state index contributed by atoms with van der Waals surface area (Å²) >= 11 is 0. The Balaban J connectivity index is 2.01. The highest BCUT2D eigenvalue weighted by molar-refractivity contribution is 6.03. The van der Waals surface area contributed by atoms with Crippen LogP contribution in [0.2, 0.25) is 0 Å². The van der Waals surface area contributed by atoms with Crippen LogP contribution in [0.1, 0.15) is 26.5 Å². The van der Waals surface area contributed by atoms with E-state index in [9.17, 15) is 23.2 Å². The predicted octanol–water partition coefficient (Wildman–Crippen LogP) is 2.86. The fraction of sp³-hybridized carbons (Fsp3) is 0.100. The zero-order chi connectivity index (χ0) is 21.1. The summed E-state index contributed by atoms with van der Waals surface area (Å²) in [6.45, 7) is 1.53. The molecular formula is C20H15F2N3O4. The number of nitrogens with zero attached hydrogens (tertiary/aromatic N) is 2. The normalized spacial score (nSPS) is 10.5. The number of ether oxygens (including phenoxy) is 1. The Morgan fingerprint density at radius 3 is 2.48 bits per heavy atom. The molecule has 9 heteroatoms. The molecular weight excluding hydrogens is 384 g/mol. The first kappa shape index (κ1) is 19.9. The number of aromatic nitrogens is 2. The van der Waals surface area contributed by atoms with Crippen LogP contribution in [0.5, 0.6) is 0 Å². The van der Waals surface area contributed by atoms with Crippen LogP contribution in [0.15, 0.2) is 53.3 Å². The number of carbonyl (C=O) groups excluding carboxylic acids is 2. The van der Waals surface area contributed by atoms with E-state index in [2.05, 4.69) is 15.2 Å². The Morgan fingerprint density at radius 2 is 1.79 bits per heavy atom. The lowest BCUT2D eigenvalue weighted by Gasteiger charge is -2.12. The molecule has 0 bridgehead atoms. The molecule has 0 aliphatic rings. The van der Waals surface area contributed by atoms with E-state index in [0.29, 0.717) is 5.69 Å². The Kier molecular flexibility index (Phi) is 5.49. The van der Waals surface area contributed by atoms with Gasteiger partial charge in [-0.25, -0.2) is 18.3 Å². The molecule has 1 aromatic heterocycles. The molecule has 0 aliphatic carbocycles. The average molecular weight is 399 g/mol. The number of para-hydroxylation sites is 1. The van der Waals surface area contributed by atoms with Gasteiger partial charge in [0.25, 0.3) is 5.91 Å². The highest BCUT2D eigenvalue weighted by atomic mass is 19.1. The lowest BCUT2D eigenvalue weighted by molar-refractivity contribution is 0.0600. The van der Waals surface area contributed by atoms with E-state index in [1.165, 1.54) is 31.2 Å². The van der Waals surface area contributed by atoms with Gasteiger partial charge in [-0.05, 0) is 37.3 Å². The van der Waals surface area contributed by atoms with Crippen LogP contribution in [-0.4, -0.2) is 28.8 Å². The Hall–Kier alpha value is -3.88. The second-order valence-electron chi connectivity index (χ2n) is 6.00. The van der Waals surface area contributed by atoms with Crippen molar-refractivity contribution in [1.82, 2.24) is 9.78 Å². The van der Waals surface area contributed by atoms with Crippen LogP contribution >= 0.6 is 0 Å². The van der Waals surface area contributed by atoms with E-state index < -0.39 is 34.6 Å². The quantitative estimate of drug-likeness (QED) is 0.682. The second-order valence-corrected chi connectivity index (χ2v) is 6.00. The molecule has 148 valence electrons. The fourth-order valence-corrected chi connectivity index (χ4v) is 2.62. The number of aryl methyl sites for hydroxylation is 1. The summed E-state index contributed by atoms with van der Waals surface area (Å²) in [6.07, 6.45) is 0. The Labute approximate surface area is 163 Å². The first-order chi connectivity index (χ1) is 13.8. The minimum atomic E-state index is -1.01. The van der Waals surface area contributed by atoms with Gasteiger partial charge >= 0.3 is 5.97 Å². The zero-order valence-electron chi connectivity index (χ0n) is 15.4. The van der Waals surface area contributed by atoms with Gasteiger partial charge in [0.05, 0.1) is 18.4 Å². The molecule has 0 spiro atoms. The minimum Gasteiger partial charge on any atom is -0.465 e. The molecule has 1 N–H and O–H groups in total. The van der Waals surface area contributed by atoms with Crippen molar-refractivity contribution in [2.45, 2.75) is 6.92 Å². The number of hydrogen-bond donors (Lipinski definition) is 1. The van der Waals surface area contributed by atoms with E-state index in [4.69, 9.17) is 0 Å². The van der Waals surface area contributed by atoms with Crippen LogP contribution in [0.3, 0.4) is 0 Å². The maximum atomic E-state index is 14.1. The van der Waals surface area contributed by atoms with Crippen molar-refractivity contribution in [1.29, 1.82) is 0 Å². The largest absolute Gasteiger partial charge is 0.465 e. The van der Waals surface area contributed by atoms with Crippen molar-refractivity contribution in [2.75, 3.05) is 12.4 Å². The summed E-state index contributed by atoms with van der Waals surface area (Å²) in [7, 11) is 1.16. The number of nitrogens with one attached hydrogen (secondary N) is 1. The third kappa shape index (κ3) is 4.03. The van der Waals surface area contributed by atoms with E-state index in [1.807, 2.05) is 0 Å². The van der Waals surface area contributed by atoms with Crippen LogP contribution < -0.4 is 10.7 Å². The number of halogens is 2. The van der Waals surface area contributed by atoms with Crippen molar-refractivity contribution >= 4 is 17.6 Å². The molecule has 3 rings (SSSR count). The predicted molar refractivity (Wildman–Crippen MR) is 100 cm³/mol. The topological polar surface area (TPSA) is 90.3 Å². The monoisotopic (exact) mass is 399 g/mol. The number of esters is 1. The third-order valence-electron chi connectivity index (χ3n) is 4.04. The summed E-state index contributed by atoms with van der Waals surface area (Å²) in [4.78, 5) is 36.4. The Morgan fingerprint density at radius 1 is 1.07 bits per heavy atom. The van der Waals surface area contributed by atoms with Crippen molar-refractivity contribution in [3.8, 4) is 5.69 Å². The molecule has 0 saturated heterocycles. The van der Waals surface area contributed by atoms with Gasteiger partial charge in [0.1, 0.15) is 17.3 Å². The number of methoxy groups -OCH3 is 1. The number of hydrogen-bond acceptors (Lipinski definition) is 5. The van der Waals surface area contributed by atoms with Crippen molar-refractivity contribution in [2.24, 2.45) is 0 Å². The van der Waals surface area contributed by atoms with Gasteiger partial charge in [0.2, 0.25) is 5.43 Å². The first-order valence-electron chi connectivity index (χ1n) is 8.37. The molecule has 1 heterocycles. The molecule has 29 heavy (non-hydrogen) atoms. The number of amides is 1. The molecule has 0 unspecified atom stereocenters. The van der Waals surface area contributed by atoms with E-state index in [-0.39, 0.29) is 16.9 Å². The Bertz CT molecular complexity index is 1170. The highest BCUT2D eigenvalue weighted by Gasteiger charge is 2.19. The number of rotatable bonds is 4. The smallest absolute Gasteiger partial charge is 0.337 e. The van der Waals surface area contributed by atoms with Gasteiger partial charge in [0, 0.05) is 11.8 Å². The van der Waals surface area contributed by atoms with Crippen LogP contribution in [0.25, 0.3) is 5.69 Å². The zero-order valence-corrected chi connectivity index (χ0v) is 15.4.